The van der Waals surface area contributed by atoms with Crippen LogP contribution in [0.1, 0.15) is 46.5 Å². The van der Waals surface area contributed by atoms with Gasteiger partial charge in [-0.3, -0.25) is 0 Å². The first kappa shape index (κ1) is 17.1. The van der Waals surface area contributed by atoms with Crippen LogP contribution in [0.4, 0.5) is 13.2 Å². The molecule has 1 N–H and O–H groups in total. The maximum atomic E-state index is 12.0. The van der Waals surface area contributed by atoms with E-state index in [0.29, 0.717) is 11.7 Å². The minimum atomic E-state index is -4.01. The van der Waals surface area contributed by atoms with E-state index in [4.69, 9.17) is 0 Å². The first-order valence-corrected chi connectivity index (χ1v) is 7.31. The Hall–Kier alpha value is 0.100. The first-order chi connectivity index (χ1) is 7.85. The zero-order chi connectivity index (χ0) is 13.3. The molecule has 1 atom stereocenters. The van der Waals surface area contributed by atoms with Crippen molar-refractivity contribution in [2.75, 3.05) is 12.3 Å². The number of thioether (sulfide) groups is 1. The van der Waals surface area contributed by atoms with Crippen LogP contribution in [0.15, 0.2) is 0 Å². The molecule has 0 saturated carbocycles. The van der Waals surface area contributed by atoms with Gasteiger partial charge in [-0.1, -0.05) is 20.8 Å². The molecule has 0 aromatic heterocycles. The highest BCUT2D eigenvalue weighted by Gasteiger charge is 2.26. The average molecular weight is 271 g/mol. The maximum Gasteiger partial charge on any atom is 0.389 e. The van der Waals surface area contributed by atoms with E-state index in [1.807, 2.05) is 0 Å². The summed E-state index contributed by atoms with van der Waals surface area (Å²) in [6.07, 6.45) is -2.82. The fraction of sp³-hybridized carbons (Fsp3) is 1.00. The molecule has 1 unspecified atom stereocenters. The number of nitrogens with one attached hydrogen (secondary N) is 1. The lowest BCUT2D eigenvalue weighted by Gasteiger charge is -2.19. The van der Waals surface area contributed by atoms with Crippen LogP contribution in [-0.2, 0) is 0 Å². The molecule has 0 fully saturated rings. The molecule has 0 rings (SSSR count). The Morgan fingerprint density at radius 1 is 1.24 bits per heavy atom. The zero-order valence-corrected chi connectivity index (χ0v) is 11.8. The summed E-state index contributed by atoms with van der Waals surface area (Å²) in [6, 6.07) is 0.213. The molecule has 0 radical (unpaired) electrons. The Bertz CT molecular complexity index is 183. The summed E-state index contributed by atoms with van der Waals surface area (Å²) >= 11 is 1.80. The standard InChI is InChI=1S/C12H24F3NS/c1-4-8-16-11(9-17-10(2)3)6-5-7-12(13,14)15/h10-11,16H,4-9H2,1-3H3. The SMILES string of the molecule is CCCNC(CCCC(F)(F)F)CSC(C)C. The molecule has 0 amide bonds. The largest absolute Gasteiger partial charge is 0.389 e. The van der Waals surface area contributed by atoms with Gasteiger partial charge in [0.1, 0.15) is 0 Å². The third-order valence-electron chi connectivity index (χ3n) is 2.33. The monoisotopic (exact) mass is 271 g/mol. The molecule has 0 saturated heterocycles. The highest BCUT2D eigenvalue weighted by molar-refractivity contribution is 7.99. The number of hydrogen-bond acceptors (Lipinski definition) is 2. The molecule has 0 spiro atoms. The van der Waals surface area contributed by atoms with Crippen LogP contribution in [-0.4, -0.2) is 29.8 Å². The second kappa shape index (κ2) is 9.09. The van der Waals surface area contributed by atoms with Crippen molar-refractivity contribution in [3.8, 4) is 0 Å². The van der Waals surface area contributed by atoms with Crippen LogP contribution in [0.3, 0.4) is 0 Å². The van der Waals surface area contributed by atoms with Crippen molar-refractivity contribution in [2.45, 2.75) is 63.9 Å². The lowest BCUT2D eigenvalue weighted by molar-refractivity contribution is -0.135. The molecular formula is C12H24F3NS. The molecule has 0 aromatic carbocycles. The average Bonchev–Trinajstić information content (AvgIpc) is 2.19. The van der Waals surface area contributed by atoms with Gasteiger partial charge in [0.25, 0.3) is 0 Å². The number of hydrogen-bond donors (Lipinski definition) is 1. The van der Waals surface area contributed by atoms with Crippen LogP contribution in [0.2, 0.25) is 0 Å². The summed E-state index contributed by atoms with van der Waals surface area (Å²) in [4.78, 5) is 0. The molecule has 5 heteroatoms. The van der Waals surface area contributed by atoms with E-state index in [2.05, 4.69) is 26.1 Å². The molecule has 17 heavy (non-hydrogen) atoms. The van der Waals surface area contributed by atoms with Crippen molar-refractivity contribution in [1.82, 2.24) is 5.32 Å². The zero-order valence-electron chi connectivity index (χ0n) is 10.9. The van der Waals surface area contributed by atoms with Crippen molar-refractivity contribution in [2.24, 2.45) is 0 Å². The summed E-state index contributed by atoms with van der Waals surface area (Å²) < 4.78 is 36.1. The van der Waals surface area contributed by atoms with Crippen molar-refractivity contribution < 1.29 is 13.2 Å². The fourth-order valence-corrected chi connectivity index (χ4v) is 2.35. The topological polar surface area (TPSA) is 12.0 Å². The van der Waals surface area contributed by atoms with Crippen molar-refractivity contribution in [1.29, 1.82) is 0 Å². The highest BCUT2D eigenvalue weighted by atomic mass is 32.2. The molecule has 1 nitrogen and oxygen atoms in total. The third kappa shape index (κ3) is 12.3. The van der Waals surface area contributed by atoms with E-state index in [9.17, 15) is 13.2 Å². The first-order valence-electron chi connectivity index (χ1n) is 6.27. The summed E-state index contributed by atoms with van der Waals surface area (Å²) in [6.45, 7) is 7.17. The fourth-order valence-electron chi connectivity index (χ4n) is 1.45. The molecule has 0 heterocycles. The summed E-state index contributed by atoms with van der Waals surface area (Å²) in [5, 5.41) is 3.85. The predicted molar refractivity (Wildman–Crippen MR) is 69.6 cm³/mol. The maximum absolute atomic E-state index is 12.0. The number of rotatable bonds is 9. The lowest BCUT2D eigenvalue weighted by Crippen LogP contribution is -2.32. The van der Waals surface area contributed by atoms with Crippen molar-refractivity contribution in [3.05, 3.63) is 0 Å². The van der Waals surface area contributed by atoms with E-state index in [1.165, 1.54) is 0 Å². The lowest BCUT2D eigenvalue weighted by atomic mass is 10.1. The second-order valence-electron chi connectivity index (χ2n) is 4.54. The van der Waals surface area contributed by atoms with E-state index in [-0.39, 0.29) is 12.5 Å². The number of alkyl halides is 3. The van der Waals surface area contributed by atoms with E-state index in [1.54, 1.807) is 11.8 Å². The minimum absolute atomic E-state index is 0.213. The predicted octanol–water partition coefficient (Wildman–Crippen LogP) is 4.23. The quantitative estimate of drug-likeness (QED) is 0.673. The highest BCUT2D eigenvalue weighted by Crippen LogP contribution is 2.23. The van der Waals surface area contributed by atoms with Crippen molar-refractivity contribution >= 4 is 11.8 Å². The normalized spacial score (nSPS) is 14.3. The van der Waals surface area contributed by atoms with Gasteiger partial charge in [0.05, 0.1) is 0 Å². The van der Waals surface area contributed by atoms with E-state index in [0.717, 1.165) is 18.7 Å². The van der Waals surface area contributed by atoms with Gasteiger partial charge < -0.3 is 5.32 Å². The van der Waals surface area contributed by atoms with E-state index < -0.39 is 12.6 Å². The summed E-state index contributed by atoms with van der Waals surface area (Å²) in [5.74, 6) is 0.898. The van der Waals surface area contributed by atoms with Gasteiger partial charge in [0.15, 0.2) is 0 Å². The van der Waals surface area contributed by atoms with Gasteiger partial charge in [-0.15, -0.1) is 0 Å². The summed E-state index contributed by atoms with van der Waals surface area (Å²) in [5.41, 5.74) is 0. The Kier molecular flexibility index (Phi) is 9.14. The molecule has 0 aliphatic rings. The number of halogens is 3. The van der Waals surface area contributed by atoms with Crippen molar-refractivity contribution in [3.63, 3.8) is 0 Å². The van der Waals surface area contributed by atoms with Gasteiger partial charge >= 0.3 is 6.18 Å². The molecular weight excluding hydrogens is 247 g/mol. The summed E-state index contributed by atoms with van der Waals surface area (Å²) in [7, 11) is 0. The smallest absolute Gasteiger partial charge is 0.313 e. The molecule has 0 aliphatic carbocycles. The van der Waals surface area contributed by atoms with Gasteiger partial charge in [0, 0.05) is 18.2 Å². The molecule has 0 aromatic rings. The second-order valence-corrected chi connectivity index (χ2v) is 6.15. The molecule has 0 bridgehead atoms. The molecule has 0 aliphatic heterocycles. The van der Waals surface area contributed by atoms with Gasteiger partial charge in [-0.2, -0.15) is 24.9 Å². The van der Waals surface area contributed by atoms with Gasteiger partial charge in [-0.25, -0.2) is 0 Å². The molecule has 104 valence electrons. The Labute approximate surface area is 107 Å². The van der Waals surface area contributed by atoms with E-state index >= 15 is 0 Å². The Morgan fingerprint density at radius 2 is 1.88 bits per heavy atom. The Morgan fingerprint density at radius 3 is 2.35 bits per heavy atom. The van der Waals surface area contributed by atoms with Gasteiger partial charge in [-0.05, 0) is 31.1 Å². The van der Waals surface area contributed by atoms with Crippen LogP contribution >= 0.6 is 11.8 Å². The Balaban J connectivity index is 3.84. The van der Waals surface area contributed by atoms with Crippen LogP contribution in [0.5, 0.6) is 0 Å². The van der Waals surface area contributed by atoms with Crippen LogP contribution in [0, 0.1) is 0 Å². The van der Waals surface area contributed by atoms with Crippen LogP contribution < -0.4 is 5.32 Å². The minimum Gasteiger partial charge on any atom is -0.313 e. The third-order valence-corrected chi connectivity index (χ3v) is 3.59. The van der Waals surface area contributed by atoms with Gasteiger partial charge in [0.2, 0.25) is 0 Å². The van der Waals surface area contributed by atoms with Crippen LogP contribution in [0.25, 0.3) is 0 Å².